The third kappa shape index (κ3) is 12.8. The zero-order valence-electron chi connectivity index (χ0n) is 34.3. The van der Waals surface area contributed by atoms with E-state index in [1.165, 1.54) is 29.2 Å². The lowest BCUT2D eigenvalue weighted by atomic mass is 10.0. The summed E-state index contributed by atoms with van der Waals surface area (Å²) in [6, 6.07) is 10.2. The number of nitrogens with zero attached hydrogens (tertiary/aromatic N) is 5. The Labute approximate surface area is 328 Å². The number of hydrogen-bond donors (Lipinski definition) is 1. The molecule has 2 amide bonds. The molecule has 0 aliphatic heterocycles. The van der Waals surface area contributed by atoms with Crippen LogP contribution in [0.2, 0.25) is 0 Å². The Morgan fingerprint density at radius 2 is 1.61 bits per heavy atom. The molecule has 1 saturated carbocycles. The number of nitro groups is 1. The van der Waals surface area contributed by atoms with Crippen molar-refractivity contribution in [2.45, 2.75) is 149 Å². The maximum absolute atomic E-state index is 14.1. The monoisotopic (exact) mass is 780 g/mol. The molecule has 4 atom stereocenters. The van der Waals surface area contributed by atoms with Crippen LogP contribution in [0.3, 0.4) is 0 Å². The summed E-state index contributed by atoms with van der Waals surface area (Å²) in [5.41, 5.74) is -0.925. The molecule has 1 fully saturated rings. The number of non-ortho nitro benzene ring substituents is 1. The van der Waals surface area contributed by atoms with Gasteiger partial charge >= 0.3 is 18.3 Å². The van der Waals surface area contributed by atoms with Gasteiger partial charge in [0.15, 0.2) is 0 Å². The second-order valence-corrected chi connectivity index (χ2v) is 17.1. The fraction of sp³-hybridized carbons (Fsp3) is 0.575. The Hall–Kier alpha value is -5.41. The van der Waals surface area contributed by atoms with Gasteiger partial charge in [-0.2, -0.15) is 5.10 Å². The lowest BCUT2D eigenvalue weighted by Gasteiger charge is -2.30. The van der Waals surface area contributed by atoms with E-state index in [1.54, 1.807) is 43.8 Å². The Bertz CT molecular complexity index is 1840. The van der Waals surface area contributed by atoms with E-state index in [0.717, 1.165) is 0 Å². The van der Waals surface area contributed by atoms with Gasteiger partial charge in [0.1, 0.15) is 28.9 Å². The third-order valence-corrected chi connectivity index (χ3v) is 8.53. The minimum Gasteiger partial charge on any atom is -0.475 e. The average Bonchev–Trinajstić information content (AvgIpc) is 3.70. The number of anilines is 2. The number of carbonyl (C=O) groups excluding carboxylic acids is 3. The van der Waals surface area contributed by atoms with Crippen molar-refractivity contribution in [1.29, 1.82) is 0 Å². The number of nitrogens with one attached hydrogen (secondary N) is 1. The Kier molecular flexibility index (Phi) is 13.6. The number of amides is 2. The van der Waals surface area contributed by atoms with Gasteiger partial charge in [-0.05, 0) is 126 Å². The lowest BCUT2D eigenvalue weighted by Crippen LogP contribution is -2.38. The molecule has 4 rings (SSSR count). The average molecular weight is 781 g/mol. The molecule has 16 nitrogen and oxygen atoms in total. The zero-order valence-corrected chi connectivity index (χ0v) is 34.3. The number of carbonyl (C=O) groups is 3. The summed E-state index contributed by atoms with van der Waals surface area (Å²) in [5, 5.41) is 18.8. The summed E-state index contributed by atoms with van der Waals surface area (Å²) >= 11 is 0. The Morgan fingerprint density at radius 1 is 0.946 bits per heavy atom. The molecule has 56 heavy (non-hydrogen) atoms. The molecule has 306 valence electrons. The number of alkyl carbamates (subject to hydrolysis) is 1. The molecule has 0 spiro atoms. The first-order chi connectivity index (χ1) is 26.0. The van der Waals surface area contributed by atoms with Gasteiger partial charge in [-0.25, -0.2) is 28.9 Å². The predicted molar refractivity (Wildman–Crippen MR) is 209 cm³/mol. The van der Waals surface area contributed by atoms with E-state index in [1.807, 2.05) is 61.5 Å². The van der Waals surface area contributed by atoms with E-state index in [4.69, 9.17) is 28.8 Å². The van der Waals surface area contributed by atoms with E-state index < -0.39 is 46.1 Å². The van der Waals surface area contributed by atoms with Crippen molar-refractivity contribution in [3.63, 3.8) is 0 Å². The molecule has 1 aliphatic rings. The van der Waals surface area contributed by atoms with Crippen LogP contribution in [0.4, 0.5) is 31.6 Å². The first-order valence-electron chi connectivity index (χ1n) is 18.9. The minimum atomic E-state index is -0.904. The highest BCUT2D eigenvalue weighted by molar-refractivity contribution is 5.95. The molecule has 16 heteroatoms. The molecule has 1 aliphatic carbocycles. The molecule has 2 heterocycles. The number of aromatic nitrogens is 3. The lowest BCUT2D eigenvalue weighted by molar-refractivity contribution is -0.384. The van der Waals surface area contributed by atoms with Crippen LogP contribution in [-0.2, 0) is 19.7 Å². The molecule has 0 radical (unpaired) electrons. The van der Waals surface area contributed by atoms with Crippen molar-refractivity contribution in [3.05, 3.63) is 64.5 Å². The smallest absolute Gasteiger partial charge is 0.475 e. The Morgan fingerprint density at radius 3 is 2.21 bits per heavy atom. The highest BCUT2D eigenvalue weighted by Crippen LogP contribution is 2.40. The van der Waals surface area contributed by atoms with Crippen LogP contribution in [0.5, 0.6) is 11.6 Å². The molecule has 2 aromatic heterocycles. The molecule has 3 aromatic rings. The van der Waals surface area contributed by atoms with Crippen molar-refractivity contribution < 1.29 is 43.0 Å². The van der Waals surface area contributed by atoms with Crippen molar-refractivity contribution >= 4 is 35.5 Å². The first-order valence-corrected chi connectivity index (χ1v) is 18.9. The van der Waals surface area contributed by atoms with Gasteiger partial charge < -0.3 is 29.0 Å². The molecule has 0 saturated heterocycles. The van der Waals surface area contributed by atoms with Gasteiger partial charge in [0, 0.05) is 42.4 Å². The number of hydrogen-bond acceptors (Lipinski definition) is 12. The normalized spacial score (nSPS) is 17.0. The topological polar surface area (TPSA) is 186 Å². The van der Waals surface area contributed by atoms with Crippen LogP contribution < -0.4 is 19.7 Å². The number of pyridine rings is 1. The van der Waals surface area contributed by atoms with Crippen LogP contribution in [0.1, 0.15) is 120 Å². The molecule has 0 unspecified atom stereocenters. The highest BCUT2D eigenvalue weighted by Gasteiger charge is 2.36. The van der Waals surface area contributed by atoms with E-state index >= 15 is 0 Å². The van der Waals surface area contributed by atoms with Gasteiger partial charge in [-0.15, -0.1) is 0 Å². The molecule has 1 N–H and O–H groups in total. The standard InChI is InChI=1S/C40H56N6O10/c1-25(42-35(47)55-39(6,7)8)12-13-26(2)52-33-23-29(20-21-41-33)44(36(48)56-40(9,10)11)34-24-32(43-45(34)38(3,4)5)27-14-17-31(22-27)54-37(49)53-30-18-15-28(16-19-30)46(50)51/h15-16,18-21,23-27,31H,12-14,17,22H2,1-11H3,(H,42,47)/t25-,26-,27-,31+/m0/s1. The SMILES string of the molecule is C[C@@H](CC[C@H](C)Oc1cc(N(C(=O)OC(C)(C)C)c2cc([C@H]3CC[C@@H](OC(=O)Oc4ccc([N+](=O)[O-])cc4)C3)nn2C(C)(C)C)ccn1)NC(=O)OC(C)(C)C. The van der Waals surface area contributed by atoms with E-state index in [2.05, 4.69) is 10.3 Å². The highest BCUT2D eigenvalue weighted by atomic mass is 16.7. The number of nitro benzene ring substituents is 1. The number of benzene rings is 1. The van der Waals surface area contributed by atoms with Crippen LogP contribution in [-0.4, -0.2) is 67.5 Å². The predicted octanol–water partition coefficient (Wildman–Crippen LogP) is 9.33. The fourth-order valence-corrected chi connectivity index (χ4v) is 6.02. The van der Waals surface area contributed by atoms with E-state index in [9.17, 15) is 24.5 Å². The molecular formula is C40H56N6O10. The van der Waals surface area contributed by atoms with Crippen LogP contribution in [0.15, 0.2) is 48.7 Å². The van der Waals surface area contributed by atoms with E-state index in [-0.39, 0.29) is 29.5 Å². The summed E-state index contributed by atoms with van der Waals surface area (Å²) in [5.74, 6) is 0.803. The molecular weight excluding hydrogens is 724 g/mol. The van der Waals surface area contributed by atoms with E-state index in [0.29, 0.717) is 55.2 Å². The van der Waals surface area contributed by atoms with Gasteiger partial charge in [0.05, 0.1) is 27.9 Å². The summed E-state index contributed by atoms with van der Waals surface area (Å²) in [4.78, 5) is 55.2. The summed E-state index contributed by atoms with van der Waals surface area (Å²) in [7, 11) is 0. The van der Waals surface area contributed by atoms with Crippen LogP contribution in [0, 0.1) is 10.1 Å². The van der Waals surface area contributed by atoms with Crippen molar-refractivity contribution in [2.24, 2.45) is 0 Å². The van der Waals surface area contributed by atoms with Crippen LogP contribution >= 0.6 is 0 Å². The quantitative estimate of drug-likeness (QED) is 0.0604. The van der Waals surface area contributed by atoms with Crippen molar-refractivity contribution in [2.75, 3.05) is 4.90 Å². The summed E-state index contributed by atoms with van der Waals surface area (Å²) < 4.78 is 30.1. The van der Waals surface area contributed by atoms with Gasteiger partial charge in [0.2, 0.25) is 5.88 Å². The second kappa shape index (κ2) is 17.6. The summed E-state index contributed by atoms with van der Waals surface area (Å²) in [6.45, 7) is 20.6. The van der Waals surface area contributed by atoms with Crippen molar-refractivity contribution in [3.8, 4) is 11.6 Å². The number of ether oxygens (including phenoxy) is 5. The van der Waals surface area contributed by atoms with Crippen molar-refractivity contribution in [1.82, 2.24) is 20.1 Å². The zero-order chi connectivity index (χ0) is 41.6. The van der Waals surface area contributed by atoms with Gasteiger partial charge in [0.25, 0.3) is 5.69 Å². The number of rotatable bonds is 12. The second-order valence-electron chi connectivity index (χ2n) is 17.1. The minimum absolute atomic E-state index is 0.0978. The maximum Gasteiger partial charge on any atom is 0.514 e. The first kappa shape index (κ1) is 43.3. The van der Waals surface area contributed by atoms with Gasteiger partial charge in [-0.3, -0.25) is 10.1 Å². The molecule has 0 bridgehead atoms. The third-order valence-electron chi connectivity index (χ3n) is 8.53. The Balaban J connectivity index is 1.52. The summed E-state index contributed by atoms with van der Waals surface area (Å²) in [6.07, 6.45) is 1.78. The largest absolute Gasteiger partial charge is 0.514 e. The molecule has 1 aromatic carbocycles. The van der Waals surface area contributed by atoms with Crippen LogP contribution in [0.25, 0.3) is 0 Å². The maximum atomic E-state index is 14.1. The van der Waals surface area contributed by atoms with Gasteiger partial charge in [-0.1, -0.05) is 0 Å². The fourth-order valence-electron chi connectivity index (χ4n) is 6.02.